The molecule has 0 heterocycles. The highest BCUT2D eigenvalue weighted by atomic mass is 31.2. The lowest BCUT2D eigenvalue weighted by Gasteiger charge is -2.35. The molecule has 0 saturated carbocycles. The summed E-state index contributed by atoms with van der Waals surface area (Å²) in [7, 11) is -3.56. The van der Waals surface area contributed by atoms with Gasteiger partial charge in [0.25, 0.3) is 0 Å². The molecule has 3 nitrogen and oxygen atoms in total. The molecule has 466 valence electrons. The maximum absolute atomic E-state index is 17.9. The first-order valence-electron chi connectivity index (χ1n) is 35.3. The van der Waals surface area contributed by atoms with Gasteiger partial charge in [0, 0.05) is 60.3 Å². The highest BCUT2D eigenvalue weighted by Gasteiger charge is 2.47. The lowest BCUT2D eigenvalue weighted by Crippen LogP contribution is -2.31. The van der Waals surface area contributed by atoms with Gasteiger partial charge in [-0.1, -0.05) is 306 Å². The molecule has 0 unspecified atom stereocenters. The first-order valence-corrected chi connectivity index (χ1v) is 37.0. The van der Waals surface area contributed by atoms with E-state index in [1.165, 1.54) is 166 Å². The van der Waals surface area contributed by atoms with Gasteiger partial charge in [0.15, 0.2) is 7.14 Å². The molecule has 2 aliphatic carbocycles. The molecule has 0 amide bonds. The van der Waals surface area contributed by atoms with Gasteiger partial charge >= 0.3 is 0 Å². The third-order valence-corrected chi connectivity index (χ3v) is 23.9. The summed E-state index contributed by atoms with van der Waals surface area (Å²) in [6.45, 7) is 9.32. The number of benzene rings is 11. The Bertz CT molecular complexity index is 4070. The zero-order valence-corrected chi connectivity index (χ0v) is 56.0. The first-order chi connectivity index (χ1) is 45.3. The summed E-state index contributed by atoms with van der Waals surface area (Å²) in [6, 6.07) is 92.7. The monoisotopic (exact) mass is 1220 g/mol. The van der Waals surface area contributed by atoms with Crippen LogP contribution in [0.4, 0.5) is 34.1 Å². The van der Waals surface area contributed by atoms with Crippen molar-refractivity contribution < 1.29 is 4.57 Å². The fourth-order valence-corrected chi connectivity index (χ4v) is 18.9. The average molecular weight is 1230 g/mol. The quantitative estimate of drug-likeness (QED) is 0.0345. The molecule has 0 aliphatic heterocycles. The fourth-order valence-electron chi connectivity index (χ4n) is 16.3. The molecule has 0 saturated heterocycles. The Morgan fingerprint density at radius 3 is 0.989 bits per heavy atom. The van der Waals surface area contributed by atoms with E-state index >= 15 is 4.57 Å². The third kappa shape index (κ3) is 11.9. The van der Waals surface area contributed by atoms with E-state index in [1.807, 2.05) is 0 Å². The molecule has 0 spiro atoms. The van der Waals surface area contributed by atoms with Crippen LogP contribution in [-0.4, -0.2) is 0 Å². The number of unbranched alkanes of at least 4 members (excludes halogenated alkanes) is 12. The van der Waals surface area contributed by atoms with Crippen molar-refractivity contribution in [3.8, 4) is 22.3 Å². The van der Waals surface area contributed by atoms with Gasteiger partial charge in [-0.05, 0) is 154 Å². The van der Waals surface area contributed by atoms with Crippen molar-refractivity contribution in [3.05, 3.63) is 271 Å². The Labute approximate surface area is 550 Å². The number of hydrogen-bond acceptors (Lipinski definition) is 3. The van der Waals surface area contributed by atoms with E-state index in [0.29, 0.717) is 0 Å². The van der Waals surface area contributed by atoms with Crippen LogP contribution in [0.1, 0.15) is 178 Å². The molecule has 13 rings (SSSR count). The van der Waals surface area contributed by atoms with Gasteiger partial charge in [-0.3, -0.25) is 0 Å². The summed E-state index contributed by atoms with van der Waals surface area (Å²) in [5.74, 6) is 0. The zero-order chi connectivity index (χ0) is 62.9. The van der Waals surface area contributed by atoms with Gasteiger partial charge in [0.2, 0.25) is 0 Å². The van der Waals surface area contributed by atoms with E-state index < -0.39 is 7.14 Å². The second kappa shape index (κ2) is 28.3. The van der Waals surface area contributed by atoms with E-state index in [0.717, 1.165) is 78.7 Å². The van der Waals surface area contributed by atoms with Crippen molar-refractivity contribution in [2.45, 2.75) is 167 Å². The van der Waals surface area contributed by atoms with E-state index in [1.54, 1.807) is 0 Å². The van der Waals surface area contributed by atoms with E-state index in [2.05, 4.69) is 286 Å². The molecular weight excluding hydrogens is 1130 g/mol. The minimum Gasteiger partial charge on any atom is -0.310 e. The van der Waals surface area contributed by atoms with Crippen molar-refractivity contribution in [2.75, 3.05) is 9.80 Å². The van der Waals surface area contributed by atoms with E-state index in [9.17, 15) is 0 Å². The van der Waals surface area contributed by atoms with Crippen LogP contribution in [0, 0.1) is 0 Å². The number of fused-ring (bicyclic) bond motifs is 8. The molecule has 0 bridgehead atoms. The maximum atomic E-state index is 17.9. The van der Waals surface area contributed by atoms with Crippen LogP contribution < -0.4 is 25.7 Å². The van der Waals surface area contributed by atoms with Crippen molar-refractivity contribution in [3.63, 3.8) is 0 Å². The Morgan fingerprint density at radius 1 is 0.283 bits per heavy atom. The molecular formula is C88H93N2OP. The largest absolute Gasteiger partial charge is 0.310 e. The van der Waals surface area contributed by atoms with Gasteiger partial charge in [0.1, 0.15) is 0 Å². The number of hydrogen-bond donors (Lipinski definition) is 0. The van der Waals surface area contributed by atoms with Crippen LogP contribution in [0.15, 0.2) is 249 Å². The van der Waals surface area contributed by atoms with Crippen LogP contribution in [0.2, 0.25) is 0 Å². The minimum atomic E-state index is -3.56. The lowest BCUT2D eigenvalue weighted by atomic mass is 9.70. The van der Waals surface area contributed by atoms with Gasteiger partial charge in [-0.15, -0.1) is 0 Å². The highest BCUT2D eigenvalue weighted by Crippen LogP contribution is 2.60. The molecule has 0 aromatic heterocycles. The lowest BCUT2D eigenvalue weighted by molar-refractivity contribution is 0.401. The molecule has 92 heavy (non-hydrogen) atoms. The zero-order valence-electron chi connectivity index (χ0n) is 55.1. The normalized spacial score (nSPS) is 13.4. The summed E-state index contributed by atoms with van der Waals surface area (Å²) >= 11 is 0. The summed E-state index contributed by atoms with van der Waals surface area (Å²) in [5, 5.41) is 7.68. The Morgan fingerprint density at radius 2 is 0.609 bits per heavy atom. The van der Waals surface area contributed by atoms with Crippen LogP contribution in [0.5, 0.6) is 0 Å². The van der Waals surface area contributed by atoms with E-state index in [4.69, 9.17) is 0 Å². The van der Waals surface area contributed by atoms with Gasteiger partial charge in [-0.2, -0.15) is 0 Å². The predicted molar refractivity (Wildman–Crippen MR) is 398 cm³/mol. The van der Waals surface area contributed by atoms with Crippen molar-refractivity contribution in [2.24, 2.45) is 0 Å². The highest BCUT2D eigenvalue weighted by molar-refractivity contribution is 7.85. The topological polar surface area (TPSA) is 23.6 Å². The molecule has 0 radical (unpaired) electrons. The Kier molecular flexibility index (Phi) is 19.3. The third-order valence-electron chi connectivity index (χ3n) is 20.9. The SMILES string of the molecule is CCCCCCC1(CCCCCC)c2cc(N(c3ccccc3)c3cccc4ccccc34)ccc2-c2ccc(P(=O)(c3ccccc3)c3ccc4c(c3)C(CCCCCC)(CCCCCC)c3cc(N(c5ccccc5)c5cccc6ccccc56)ccc3-4)cc21. The standard InChI is InChI=1S/C88H93N2OP/c1-5-9-13-30-58-87(59-31-14-10-6-2)81-62-70(89(68-40-20-17-21-41-68)85-48-34-38-66-36-26-28-46-75(66)85)50-54-77(81)79-56-52-73(64-83(79)87)92(91,72-44-24-19-25-45-72)74-53-57-80-78-55-51-71(63-82(78)88(84(80)65-74,60-32-15-11-7-3)61-33-16-12-8-4)90(69-42-22-18-23-43-69)86-49-35-39-67-37-27-29-47-76(67)86/h17-29,34-57,62-65H,5-16,30-33,58-61H2,1-4H3. The molecule has 0 fully saturated rings. The molecule has 2 aliphatic rings. The Hall–Kier alpha value is -8.23. The number of para-hydroxylation sites is 2. The number of rotatable bonds is 29. The average Bonchev–Trinajstić information content (AvgIpc) is 1.54. The van der Waals surface area contributed by atoms with Crippen LogP contribution in [-0.2, 0) is 15.4 Å². The number of anilines is 6. The van der Waals surface area contributed by atoms with Gasteiger partial charge < -0.3 is 14.4 Å². The first kappa shape index (κ1) is 62.6. The molecule has 0 atom stereocenters. The van der Waals surface area contributed by atoms with Crippen LogP contribution in [0.3, 0.4) is 0 Å². The van der Waals surface area contributed by atoms with E-state index in [-0.39, 0.29) is 10.8 Å². The summed E-state index contributed by atoms with van der Waals surface area (Å²) < 4.78 is 17.9. The Balaban J connectivity index is 0.995. The summed E-state index contributed by atoms with van der Waals surface area (Å²) in [5.41, 5.74) is 17.2. The van der Waals surface area contributed by atoms with Crippen molar-refractivity contribution in [1.29, 1.82) is 0 Å². The fraction of sp³-hybridized carbons (Fsp3) is 0.295. The number of nitrogens with zero attached hydrogens (tertiary/aromatic N) is 2. The summed E-state index contributed by atoms with van der Waals surface area (Å²) in [6.07, 6.45) is 23.1. The minimum absolute atomic E-state index is 0.288. The molecule has 11 aromatic rings. The smallest absolute Gasteiger partial charge is 0.171 e. The van der Waals surface area contributed by atoms with Gasteiger partial charge in [-0.25, -0.2) is 0 Å². The molecule has 0 N–H and O–H groups in total. The van der Waals surface area contributed by atoms with Crippen molar-refractivity contribution >= 4 is 78.7 Å². The molecule has 11 aromatic carbocycles. The van der Waals surface area contributed by atoms with Gasteiger partial charge in [0.05, 0.1) is 11.4 Å². The molecule has 4 heteroatoms. The van der Waals surface area contributed by atoms with Crippen molar-refractivity contribution in [1.82, 2.24) is 0 Å². The van der Waals surface area contributed by atoms with Crippen LogP contribution in [0.25, 0.3) is 43.8 Å². The second-order valence-electron chi connectivity index (χ2n) is 26.6. The second-order valence-corrected chi connectivity index (χ2v) is 29.4. The summed E-state index contributed by atoms with van der Waals surface area (Å²) in [4.78, 5) is 4.98. The predicted octanol–water partition coefficient (Wildman–Crippen LogP) is 25.0. The van der Waals surface area contributed by atoms with Crippen LogP contribution >= 0.6 is 7.14 Å². The maximum Gasteiger partial charge on any atom is 0.171 e.